The topological polar surface area (TPSA) is 46.9 Å². The molecule has 0 saturated carbocycles. The molecule has 4 nitrogen and oxygen atoms in total. The van der Waals surface area contributed by atoms with Crippen molar-refractivity contribution in [3.8, 4) is 0 Å². The molecule has 1 saturated heterocycles. The normalized spacial score (nSPS) is 19.4. The number of nitrogens with one attached hydrogen (secondary N) is 1. The van der Waals surface area contributed by atoms with Gasteiger partial charge in [-0.3, -0.25) is 9.36 Å². The molecule has 0 aliphatic carbocycles. The van der Waals surface area contributed by atoms with Gasteiger partial charge in [0.25, 0.3) is 5.56 Å². The maximum atomic E-state index is 13.8. The minimum Gasteiger partial charge on any atom is -0.316 e. The maximum absolute atomic E-state index is 13.8. The van der Waals surface area contributed by atoms with E-state index in [0.29, 0.717) is 18.0 Å². The van der Waals surface area contributed by atoms with E-state index in [1.54, 1.807) is 6.07 Å². The molecular formula is C14H15ClFN3O. The molecule has 1 N–H and O–H groups in total. The van der Waals surface area contributed by atoms with Crippen LogP contribution in [-0.2, 0) is 6.54 Å². The molecule has 106 valence electrons. The van der Waals surface area contributed by atoms with Crippen LogP contribution in [0.3, 0.4) is 0 Å². The van der Waals surface area contributed by atoms with E-state index in [4.69, 9.17) is 11.6 Å². The van der Waals surface area contributed by atoms with Gasteiger partial charge in [-0.2, -0.15) is 0 Å². The molecule has 1 aliphatic rings. The quantitative estimate of drug-likeness (QED) is 0.864. The fraction of sp³-hybridized carbons (Fsp3) is 0.429. The van der Waals surface area contributed by atoms with Gasteiger partial charge < -0.3 is 5.32 Å². The van der Waals surface area contributed by atoms with Crippen LogP contribution in [0.2, 0.25) is 5.28 Å². The van der Waals surface area contributed by atoms with Gasteiger partial charge in [0.2, 0.25) is 5.28 Å². The van der Waals surface area contributed by atoms with E-state index >= 15 is 0 Å². The van der Waals surface area contributed by atoms with Gasteiger partial charge in [-0.1, -0.05) is 6.07 Å². The molecule has 1 atom stereocenters. The Morgan fingerprint density at radius 1 is 1.50 bits per heavy atom. The van der Waals surface area contributed by atoms with Crippen LogP contribution in [0.4, 0.5) is 4.39 Å². The lowest BCUT2D eigenvalue weighted by Crippen LogP contribution is -2.35. The van der Waals surface area contributed by atoms with E-state index in [9.17, 15) is 9.18 Å². The molecule has 1 aromatic carbocycles. The van der Waals surface area contributed by atoms with Crippen molar-refractivity contribution >= 4 is 22.5 Å². The summed E-state index contributed by atoms with van der Waals surface area (Å²) in [5.74, 6) is -0.225. The van der Waals surface area contributed by atoms with Gasteiger partial charge in [0.05, 0.1) is 5.52 Å². The second-order valence-corrected chi connectivity index (χ2v) is 5.48. The SMILES string of the molecule is O=c1c2c(F)cccc2nc(Cl)n1CC1CCCNC1. The number of hydrogen-bond donors (Lipinski definition) is 1. The first-order valence-corrected chi connectivity index (χ1v) is 7.10. The summed E-state index contributed by atoms with van der Waals surface area (Å²) in [6, 6.07) is 4.39. The number of aromatic nitrogens is 2. The third-order valence-corrected chi connectivity index (χ3v) is 4.01. The molecule has 0 radical (unpaired) electrons. The Kier molecular flexibility index (Phi) is 3.72. The minimum absolute atomic E-state index is 0.0145. The number of benzene rings is 1. The first-order valence-electron chi connectivity index (χ1n) is 6.72. The van der Waals surface area contributed by atoms with Crippen molar-refractivity contribution in [2.75, 3.05) is 13.1 Å². The van der Waals surface area contributed by atoms with Crippen molar-refractivity contribution in [2.24, 2.45) is 5.92 Å². The lowest BCUT2D eigenvalue weighted by atomic mass is 10.00. The molecule has 2 aromatic rings. The molecule has 3 rings (SSSR count). The average molecular weight is 296 g/mol. The molecule has 1 unspecified atom stereocenters. The second-order valence-electron chi connectivity index (χ2n) is 5.14. The van der Waals surface area contributed by atoms with Gasteiger partial charge in [-0.25, -0.2) is 9.37 Å². The zero-order valence-corrected chi connectivity index (χ0v) is 11.7. The maximum Gasteiger partial charge on any atom is 0.265 e. The molecule has 6 heteroatoms. The summed E-state index contributed by atoms with van der Waals surface area (Å²) in [6.07, 6.45) is 2.11. The third-order valence-electron chi connectivity index (χ3n) is 3.73. The standard InChI is InChI=1S/C14H15ClFN3O/c15-14-18-11-5-1-4-10(16)12(11)13(20)19(14)8-9-3-2-6-17-7-9/h1,4-5,9,17H,2-3,6-8H2. The van der Waals surface area contributed by atoms with Crippen LogP contribution < -0.4 is 10.9 Å². The van der Waals surface area contributed by atoms with Gasteiger partial charge in [0.15, 0.2) is 0 Å². The summed E-state index contributed by atoms with van der Waals surface area (Å²) < 4.78 is 15.2. The summed E-state index contributed by atoms with van der Waals surface area (Å²) in [5, 5.41) is 3.43. The summed E-state index contributed by atoms with van der Waals surface area (Å²) in [6.45, 7) is 2.32. The van der Waals surface area contributed by atoms with Crippen molar-refractivity contribution in [2.45, 2.75) is 19.4 Å². The van der Waals surface area contributed by atoms with Crippen LogP contribution in [-0.4, -0.2) is 22.6 Å². The number of fused-ring (bicyclic) bond motifs is 1. The van der Waals surface area contributed by atoms with Gasteiger partial charge in [-0.15, -0.1) is 0 Å². The number of piperidine rings is 1. The smallest absolute Gasteiger partial charge is 0.265 e. The van der Waals surface area contributed by atoms with Crippen molar-refractivity contribution in [3.63, 3.8) is 0 Å². The van der Waals surface area contributed by atoms with Crippen LogP contribution in [0.1, 0.15) is 12.8 Å². The van der Waals surface area contributed by atoms with Crippen LogP contribution in [0, 0.1) is 11.7 Å². The molecular weight excluding hydrogens is 281 g/mol. The molecule has 1 fully saturated rings. The Morgan fingerprint density at radius 2 is 2.35 bits per heavy atom. The highest BCUT2D eigenvalue weighted by Crippen LogP contribution is 2.18. The van der Waals surface area contributed by atoms with Crippen LogP contribution in [0.25, 0.3) is 10.9 Å². The molecule has 0 spiro atoms. The summed E-state index contributed by atoms with van der Waals surface area (Å²) in [4.78, 5) is 16.6. The lowest BCUT2D eigenvalue weighted by molar-refractivity contribution is 0.333. The fourth-order valence-electron chi connectivity index (χ4n) is 2.69. The van der Waals surface area contributed by atoms with Crippen molar-refractivity contribution in [3.05, 3.63) is 39.7 Å². The van der Waals surface area contributed by atoms with E-state index in [1.807, 2.05) is 0 Å². The molecule has 0 bridgehead atoms. The van der Waals surface area contributed by atoms with Crippen molar-refractivity contribution < 1.29 is 4.39 Å². The van der Waals surface area contributed by atoms with Gasteiger partial charge in [0.1, 0.15) is 11.2 Å². The van der Waals surface area contributed by atoms with E-state index in [0.717, 1.165) is 25.9 Å². The number of nitrogens with zero attached hydrogens (tertiary/aromatic N) is 2. The summed E-state index contributed by atoms with van der Waals surface area (Å²) in [7, 11) is 0. The third kappa shape index (κ3) is 2.43. The van der Waals surface area contributed by atoms with E-state index < -0.39 is 11.4 Å². The highest BCUT2D eigenvalue weighted by molar-refractivity contribution is 6.28. The van der Waals surface area contributed by atoms with Gasteiger partial charge in [0, 0.05) is 6.54 Å². The first kappa shape index (κ1) is 13.5. The fourth-order valence-corrected chi connectivity index (χ4v) is 2.93. The van der Waals surface area contributed by atoms with E-state index in [-0.39, 0.29) is 10.7 Å². The van der Waals surface area contributed by atoms with Crippen LogP contribution in [0.15, 0.2) is 23.0 Å². The Hall–Kier alpha value is -1.46. The molecule has 1 aliphatic heterocycles. The van der Waals surface area contributed by atoms with E-state index in [1.165, 1.54) is 16.7 Å². The zero-order chi connectivity index (χ0) is 14.1. The van der Waals surface area contributed by atoms with Crippen LogP contribution in [0.5, 0.6) is 0 Å². The van der Waals surface area contributed by atoms with E-state index in [2.05, 4.69) is 10.3 Å². The average Bonchev–Trinajstić information content (AvgIpc) is 2.44. The Bertz CT molecular complexity index is 695. The van der Waals surface area contributed by atoms with Crippen molar-refractivity contribution in [1.82, 2.24) is 14.9 Å². The monoisotopic (exact) mass is 295 g/mol. The largest absolute Gasteiger partial charge is 0.316 e. The zero-order valence-electron chi connectivity index (χ0n) is 10.9. The number of rotatable bonds is 2. The Morgan fingerprint density at radius 3 is 3.10 bits per heavy atom. The molecule has 1 aromatic heterocycles. The number of hydrogen-bond acceptors (Lipinski definition) is 3. The molecule has 0 amide bonds. The Labute approximate surface area is 120 Å². The number of halogens is 2. The lowest BCUT2D eigenvalue weighted by Gasteiger charge is -2.23. The highest BCUT2D eigenvalue weighted by atomic mass is 35.5. The van der Waals surface area contributed by atoms with Gasteiger partial charge in [-0.05, 0) is 55.6 Å². The predicted octanol–water partition coefficient (Wildman–Crippen LogP) is 2.19. The Balaban J connectivity index is 2.06. The summed E-state index contributed by atoms with van der Waals surface area (Å²) in [5.41, 5.74) is -0.0957. The van der Waals surface area contributed by atoms with Gasteiger partial charge >= 0.3 is 0 Å². The van der Waals surface area contributed by atoms with Crippen LogP contribution >= 0.6 is 11.6 Å². The summed E-state index contributed by atoms with van der Waals surface area (Å²) >= 11 is 6.09. The first-order chi connectivity index (χ1) is 9.66. The predicted molar refractivity (Wildman–Crippen MR) is 76.6 cm³/mol. The molecule has 20 heavy (non-hydrogen) atoms. The molecule has 2 heterocycles. The van der Waals surface area contributed by atoms with Crippen molar-refractivity contribution in [1.29, 1.82) is 0 Å². The minimum atomic E-state index is -0.549. The second kappa shape index (κ2) is 5.50. The highest BCUT2D eigenvalue weighted by Gasteiger charge is 2.18.